The highest BCUT2D eigenvalue weighted by Gasteiger charge is 2.19. The molecule has 0 saturated carbocycles. The number of hydrogen-bond acceptors (Lipinski definition) is 4. The minimum Gasteiger partial charge on any atom is -0.379 e. The number of hydrogen-bond donors (Lipinski definition) is 0. The van der Waals surface area contributed by atoms with Crippen molar-refractivity contribution in [3.05, 3.63) is 35.2 Å². The molecule has 1 saturated heterocycles. The second-order valence-corrected chi connectivity index (χ2v) is 6.70. The van der Waals surface area contributed by atoms with Crippen LogP contribution in [-0.2, 0) is 11.2 Å². The minimum absolute atomic E-state index is 0.557. The topological polar surface area (TPSA) is 15.7 Å². The molecule has 2 heterocycles. The molecule has 0 radical (unpaired) electrons. The Balaban J connectivity index is 1.58. The van der Waals surface area contributed by atoms with Gasteiger partial charge in [0.05, 0.1) is 13.2 Å². The molecular weight excluding hydrogens is 280 g/mol. The number of ether oxygens (including phenoxy) is 1. The summed E-state index contributed by atoms with van der Waals surface area (Å²) >= 11 is 1.86. The zero-order valence-electron chi connectivity index (χ0n) is 12.9. The second kappa shape index (κ2) is 6.88. The van der Waals surface area contributed by atoms with Gasteiger partial charge in [0.15, 0.2) is 0 Å². The number of thiophene rings is 1. The first-order valence-corrected chi connectivity index (χ1v) is 8.64. The first-order chi connectivity index (χ1) is 10.3. The quantitative estimate of drug-likeness (QED) is 0.842. The molecule has 1 aliphatic rings. The van der Waals surface area contributed by atoms with Gasteiger partial charge in [-0.2, -0.15) is 0 Å². The van der Waals surface area contributed by atoms with E-state index >= 15 is 0 Å². The lowest BCUT2D eigenvalue weighted by atomic mass is 10.1. The van der Waals surface area contributed by atoms with Gasteiger partial charge in [-0.05, 0) is 42.2 Å². The van der Waals surface area contributed by atoms with E-state index in [0.717, 1.165) is 32.7 Å². The first kappa shape index (κ1) is 15.0. The zero-order valence-corrected chi connectivity index (χ0v) is 13.7. The van der Waals surface area contributed by atoms with Crippen LogP contribution in [0, 0.1) is 0 Å². The van der Waals surface area contributed by atoms with Gasteiger partial charge < -0.3 is 4.74 Å². The SMILES string of the molecule is CC(CCc1csc2ccccc12)N(C)N1CCOCC1. The maximum absolute atomic E-state index is 5.43. The van der Waals surface area contributed by atoms with Crippen LogP contribution in [0.3, 0.4) is 0 Å². The van der Waals surface area contributed by atoms with Crippen LogP contribution in [0.2, 0.25) is 0 Å². The van der Waals surface area contributed by atoms with Crippen molar-refractivity contribution >= 4 is 21.4 Å². The van der Waals surface area contributed by atoms with Crippen LogP contribution in [-0.4, -0.2) is 49.4 Å². The van der Waals surface area contributed by atoms with E-state index in [2.05, 4.69) is 53.6 Å². The van der Waals surface area contributed by atoms with E-state index in [1.54, 1.807) is 0 Å². The van der Waals surface area contributed by atoms with Gasteiger partial charge in [-0.1, -0.05) is 18.2 Å². The van der Waals surface area contributed by atoms with Crippen molar-refractivity contribution in [3.8, 4) is 0 Å². The molecule has 1 aromatic carbocycles. The number of hydrazine groups is 1. The van der Waals surface area contributed by atoms with Crippen molar-refractivity contribution in [2.75, 3.05) is 33.4 Å². The highest BCUT2D eigenvalue weighted by molar-refractivity contribution is 7.17. The summed E-state index contributed by atoms with van der Waals surface area (Å²) in [5, 5.41) is 8.58. The number of benzene rings is 1. The van der Waals surface area contributed by atoms with Crippen molar-refractivity contribution < 1.29 is 4.74 Å². The predicted molar refractivity (Wildman–Crippen MR) is 89.8 cm³/mol. The molecule has 1 fully saturated rings. The van der Waals surface area contributed by atoms with Crippen molar-refractivity contribution in [1.82, 2.24) is 10.0 Å². The van der Waals surface area contributed by atoms with Crippen LogP contribution >= 0.6 is 11.3 Å². The molecule has 21 heavy (non-hydrogen) atoms. The van der Waals surface area contributed by atoms with Crippen LogP contribution in [0.1, 0.15) is 18.9 Å². The summed E-state index contributed by atoms with van der Waals surface area (Å²) in [5.74, 6) is 0. The monoisotopic (exact) mass is 304 g/mol. The third-order valence-corrected chi connectivity index (χ3v) is 5.48. The number of nitrogens with zero attached hydrogens (tertiary/aromatic N) is 2. The van der Waals surface area contributed by atoms with Gasteiger partial charge in [0, 0.05) is 30.9 Å². The Bertz CT molecular complexity index is 577. The van der Waals surface area contributed by atoms with Crippen LogP contribution < -0.4 is 0 Å². The lowest BCUT2D eigenvalue weighted by Gasteiger charge is -2.38. The summed E-state index contributed by atoms with van der Waals surface area (Å²) in [7, 11) is 2.21. The Hall–Kier alpha value is -0.940. The number of rotatable bonds is 5. The van der Waals surface area contributed by atoms with Gasteiger partial charge in [-0.3, -0.25) is 0 Å². The largest absolute Gasteiger partial charge is 0.379 e. The molecule has 0 bridgehead atoms. The van der Waals surface area contributed by atoms with Gasteiger partial charge in [-0.25, -0.2) is 10.0 Å². The number of aryl methyl sites for hydroxylation is 1. The lowest BCUT2D eigenvalue weighted by molar-refractivity contribution is -0.0949. The summed E-state index contributed by atoms with van der Waals surface area (Å²) in [5.41, 5.74) is 1.50. The fourth-order valence-electron chi connectivity index (χ4n) is 2.93. The van der Waals surface area contributed by atoms with Crippen LogP contribution in [0.5, 0.6) is 0 Å². The highest BCUT2D eigenvalue weighted by atomic mass is 32.1. The highest BCUT2D eigenvalue weighted by Crippen LogP contribution is 2.27. The van der Waals surface area contributed by atoms with Crippen LogP contribution in [0.25, 0.3) is 10.1 Å². The van der Waals surface area contributed by atoms with Gasteiger partial charge in [0.1, 0.15) is 0 Å². The third kappa shape index (κ3) is 3.46. The maximum Gasteiger partial charge on any atom is 0.0608 e. The molecule has 1 unspecified atom stereocenters. The Morgan fingerprint density at radius 2 is 2.05 bits per heavy atom. The molecule has 2 aromatic rings. The van der Waals surface area contributed by atoms with Crippen molar-refractivity contribution in [2.24, 2.45) is 0 Å². The van der Waals surface area contributed by atoms with E-state index in [1.165, 1.54) is 22.1 Å². The Kier molecular flexibility index (Phi) is 4.91. The van der Waals surface area contributed by atoms with Gasteiger partial charge in [0.25, 0.3) is 0 Å². The number of fused-ring (bicyclic) bond motifs is 1. The fourth-order valence-corrected chi connectivity index (χ4v) is 3.92. The van der Waals surface area contributed by atoms with Crippen molar-refractivity contribution in [1.29, 1.82) is 0 Å². The molecule has 0 N–H and O–H groups in total. The molecule has 114 valence electrons. The smallest absolute Gasteiger partial charge is 0.0608 e. The van der Waals surface area contributed by atoms with Gasteiger partial charge in [0.2, 0.25) is 0 Å². The van der Waals surface area contributed by atoms with E-state index in [1.807, 2.05) is 11.3 Å². The molecule has 3 nitrogen and oxygen atoms in total. The molecule has 1 aromatic heterocycles. The normalized spacial score (nSPS) is 18.4. The van der Waals surface area contributed by atoms with Crippen LogP contribution in [0.4, 0.5) is 0 Å². The Morgan fingerprint density at radius 1 is 1.29 bits per heavy atom. The van der Waals surface area contributed by atoms with Crippen LogP contribution in [0.15, 0.2) is 29.6 Å². The van der Waals surface area contributed by atoms with Gasteiger partial charge >= 0.3 is 0 Å². The van der Waals surface area contributed by atoms with Crippen molar-refractivity contribution in [3.63, 3.8) is 0 Å². The molecule has 3 rings (SSSR count). The minimum atomic E-state index is 0.557. The van der Waals surface area contributed by atoms with E-state index < -0.39 is 0 Å². The third-order valence-electron chi connectivity index (χ3n) is 4.46. The molecule has 1 atom stereocenters. The Morgan fingerprint density at radius 3 is 2.86 bits per heavy atom. The summed E-state index contributed by atoms with van der Waals surface area (Å²) in [4.78, 5) is 0. The molecule has 0 amide bonds. The Labute approximate surface area is 131 Å². The molecule has 0 spiro atoms. The van der Waals surface area contributed by atoms with E-state index in [0.29, 0.717) is 6.04 Å². The zero-order chi connectivity index (χ0) is 14.7. The molecule has 4 heteroatoms. The summed E-state index contributed by atoms with van der Waals surface area (Å²) in [6, 6.07) is 9.28. The van der Waals surface area contributed by atoms with E-state index in [4.69, 9.17) is 4.74 Å². The summed E-state index contributed by atoms with van der Waals surface area (Å²) in [6.45, 7) is 6.06. The molecule has 1 aliphatic heterocycles. The average molecular weight is 304 g/mol. The maximum atomic E-state index is 5.43. The predicted octanol–water partition coefficient (Wildman–Crippen LogP) is 3.40. The fraction of sp³-hybridized carbons (Fsp3) is 0.529. The summed E-state index contributed by atoms with van der Waals surface area (Å²) in [6.07, 6.45) is 2.34. The van der Waals surface area contributed by atoms with E-state index in [-0.39, 0.29) is 0 Å². The van der Waals surface area contributed by atoms with Gasteiger partial charge in [-0.15, -0.1) is 11.3 Å². The standard InChI is InChI=1S/C17H24N2OS/c1-14(18(2)19-9-11-20-12-10-19)7-8-15-13-21-17-6-4-3-5-16(15)17/h3-6,13-14H,7-12H2,1-2H3. The first-order valence-electron chi connectivity index (χ1n) is 7.76. The number of morpholine rings is 1. The average Bonchev–Trinajstić information content (AvgIpc) is 2.96. The second-order valence-electron chi connectivity index (χ2n) is 5.78. The van der Waals surface area contributed by atoms with Crippen molar-refractivity contribution in [2.45, 2.75) is 25.8 Å². The summed E-state index contributed by atoms with van der Waals surface area (Å²) < 4.78 is 6.83. The molecular formula is C17H24N2OS. The lowest BCUT2D eigenvalue weighted by Crippen LogP contribution is -2.50. The van der Waals surface area contributed by atoms with E-state index in [9.17, 15) is 0 Å². The molecule has 0 aliphatic carbocycles.